The van der Waals surface area contributed by atoms with E-state index >= 15 is 0 Å². The number of hydrogen-bond donors (Lipinski definition) is 8. The summed E-state index contributed by atoms with van der Waals surface area (Å²) in [6.07, 6.45) is -13.9. The number of aliphatic hydroxyl groups is 8. The Morgan fingerprint density at radius 3 is 1.96 bits per heavy atom. The number of aliphatic hydroxyl groups excluding tert-OH is 8. The molecule has 0 aromatic carbocycles. The zero-order valence-electron chi connectivity index (χ0n) is 15.2. The van der Waals surface area contributed by atoms with Crippen molar-refractivity contribution in [2.45, 2.75) is 82.3 Å². The second-order valence-corrected chi connectivity index (χ2v) is 7.87. The van der Waals surface area contributed by atoms with Gasteiger partial charge in [0.25, 0.3) is 0 Å². The Bertz CT molecular complexity index is 412. The normalized spacial score (nSPS) is 35.0. The van der Waals surface area contributed by atoms with Crippen LogP contribution in [-0.2, 0) is 9.47 Å². The lowest BCUT2D eigenvalue weighted by Gasteiger charge is -2.42. The zero-order valence-corrected chi connectivity index (χ0v) is 15.2. The molecule has 0 radical (unpaired) electrons. The van der Waals surface area contributed by atoms with E-state index in [1.807, 2.05) is 20.8 Å². The molecule has 0 aliphatic carbocycles. The van der Waals surface area contributed by atoms with Gasteiger partial charge in [-0.25, -0.2) is 0 Å². The van der Waals surface area contributed by atoms with E-state index in [-0.39, 0.29) is 11.8 Å². The maximum Gasteiger partial charge on any atom is 0.187 e. The van der Waals surface area contributed by atoms with E-state index < -0.39 is 68.3 Å². The molecule has 0 aromatic heterocycles. The number of hydrogen-bond acceptors (Lipinski definition) is 10. The van der Waals surface area contributed by atoms with Crippen LogP contribution < -0.4 is 0 Å². The highest BCUT2D eigenvalue weighted by Gasteiger charge is 2.46. The maximum absolute atomic E-state index is 10.4. The summed E-state index contributed by atoms with van der Waals surface area (Å²) >= 11 is 0. The van der Waals surface area contributed by atoms with Crippen molar-refractivity contribution in [3.05, 3.63) is 0 Å². The summed E-state index contributed by atoms with van der Waals surface area (Å²) in [4.78, 5) is 0. The van der Waals surface area contributed by atoms with Crippen molar-refractivity contribution in [1.29, 1.82) is 0 Å². The van der Waals surface area contributed by atoms with E-state index in [0.717, 1.165) is 0 Å². The fraction of sp³-hybridized carbons (Fsp3) is 1.00. The second-order valence-electron chi connectivity index (χ2n) is 7.87. The van der Waals surface area contributed by atoms with Crippen molar-refractivity contribution in [2.75, 3.05) is 13.2 Å². The predicted molar refractivity (Wildman–Crippen MR) is 87.8 cm³/mol. The summed E-state index contributed by atoms with van der Waals surface area (Å²) < 4.78 is 10.5. The summed E-state index contributed by atoms with van der Waals surface area (Å²) in [6, 6.07) is 0. The number of ether oxygens (including phenoxy) is 2. The third-order valence-electron chi connectivity index (χ3n) is 4.26. The van der Waals surface area contributed by atoms with Gasteiger partial charge in [-0.1, -0.05) is 20.8 Å². The van der Waals surface area contributed by atoms with Crippen LogP contribution in [0.4, 0.5) is 0 Å². The van der Waals surface area contributed by atoms with E-state index in [0.29, 0.717) is 0 Å². The molecule has 0 bridgehead atoms. The van der Waals surface area contributed by atoms with E-state index in [1.54, 1.807) is 0 Å². The molecule has 1 fully saturated rings. The highest BCUT2D eigenvalue weighted by atomic mass is 16.7. The first kappa shape index (κ1) is 23.6. The highest BCUT2D eigenvalue weighted by molar-refractivity contribution is 4.91. The zero-order chi connectivity index (χ0) is 20.2. The van der Waals surface area contributed by atoms with E-state index in [2.05, 4.69) is 0 Å². The quantitative estimate of drug-likeness (QED) is 0.211. The van der Waals surface area contributed by atoms with Crippen molar-refractivity contribution >= 4 is 0 Å². The molecule has 9 atom stereocenters. The van der Waals surface area contributed by atoms with Crippen LogP contribution in [0.2, 0.25) is 0 Å². The Kier molecular flexibility index (Phi) is 8.81. The molecule has 0 amide bonds. The third-order valence-corrected chi connectivity index (χ3v) is 4.26. The molecule has 156 valence electrons. The Morgan fingerprint density at radius 2 is 1.50 bits per heavy atom. The van der Waals surface area contributed by atoms with E-state index in [9.17, 15) is 40.9 Å². The van der Waals surface area contributed by atoms with Crippen molar-refractivity contribution < 1.29 is 50.3 Å². The molecule has 26 heavy (non-hydrogen) atoms. The third kappa shape index (κ3) is 6.06. The summed E-state index contributed by atoms with van der Waals surface area (Å²) in [7, 11) is 0. The summed E-state index contributed by atoms with van der Waals surface area (Å²) in [5.74, 6) is 0. The van der Waals surface area contributed by atoms with Gasteiger partial charge in [0.1, 0.15) is 42.7 Å². The van der Waals surface area contributed by atoms with Gasteiger partial charge >= 0.3 is 0 Å². The van der Waals surface area contributed by atoms with Gasteiger partial charge in [-0.3, -0.25) is 0 Å². The Morgan fingerprint density at radius 1 is 0.923 bits per heavy atom. The Hall–Kier alpha value is -0.400. The minimum absolute atomic E-state index is 0.154. The largest absolute Gasteiger partial charge is 0.394 e. The average Bonchev–Trinajstić information content (AvgIpc) is 2.56. The smallest absolute Gasteiger partial charge is 0.187 e. The molecule has 8 N–H and O–H groups in total. The van der Waals surface area contributed by atoms with Crippen molar-refractivity contribution in [2.24, 2.45) is 5.41 Å². The van der Waals surface area contributed by atoms with Gasteiger partial charge in [-0.15, -0.1) is 0 Å². The molecular weight excluding hydrogens is 352 g/mol. The fourth-order valence-corrected chi connectivity index (χ4v) is 2.80. The van der Waals surface area contributed by atoms with Gasteiger partial charge < -0.3 is 50.3 Å². The maximum atomic E-state index is 10.4. The second kappa shape index (κ2) is 9.69. The van der Waals surface area contributed by atoms with Crippen LogP contribution in [0.1, 0.15) is 27.2 Å². The molecule has 10 heteroatoms. The molecule has 1 saturated heterocycles. The topological polar surface area (TPSA) is 180 Å². The van der Waals surface area contributed by atoms with E-state index in [4.69, 9.17) is 9.47 Å². The molecule has 10 nitrogen and oxygen atoms in total. The first-order valence-corrected chi connectivity index (χ1v) is 8.54. The molecule has 0 unspecified atom stereocenters. The lowest BCUT2D eigenvalue weighted by molar-refractivity contribution is -0.327. The van der Waals surface area contributed by atoms with Gasteiger partial charge in [-0.2, -0.15) is 0 Å². The minimum Gasteiger partial charge on any atom is -0.394 e. The molecule has 0 spiro atoms. The molecule has 1 rings (SSSR count). The summed E-state index contributed by atoms with van der Waals surface area (Å²) in [5.41, 5.74) is -0.349. The van der Waals surface area contributed by atoms with Crippen LogP contribution in [0.15, 0.2) is 0 Å². The average molecular weight is 384 g/mol. The van der Waals surface area contributed by atoms with Crippen LogP contribution in [0.5, 0.6) is 0 Å². The first-order chi connectivity index (χ1) is 11.9. The summed E-state index contributed by atoms with van der Waals surface area (Å²) in [6.45, 7) is 4.02. The van der Waals surface area contributed by atoms with Gasteiger partial charge in [0, 0.05) is 0 Å². The SMILES string of the molecule is CC(C)(C)C[C@@H](O)[C@@H](O)[C@H](O[C@H]1O[C@H](CO)[C@@H](O)[C@H](O)[C@@H]1O)[C@H](O)CO. The number of rotatable bonds is 8. The molecular formula is C16H32O10. The van der Waals surface area contributed by atoms with Gasteiger partial charge in [0.2, 0.25) is 0 Å². The first-order valence-electron chi connectivity index (χ1n) is 8.54. The van der Waals surface area contributed by atoms with Crippen molar-refractivity contribution in [3.63, 3.8) is 0 Å². The van der Waals surface area contributed by atoms with Gasteiger partial charge in [0.15, 0.2) is 6.29 Å². The summed E-state index contributed by atoms with van der Waals surface area (Å²) in [5, 5.41) is 78.4. The Labute approximate surface area is 152 Å². The molecule has 1 heterocycles. The standard InChI is InChI=1S/C16H32O10/c1-16(2,3)4-7(19)10(21)14(8(20)5-17)26-15-13(24)12(23)11(22)9(6-18)25-15/h7-15,17-24H,4-6H2,1-3H3/t7-,8-,9-,10-,11-,12+,13+,14-,15-/m1/s1. The minimum atomic E-state index is -1.74. The van der Waals surface area contributed by atoms with Gasteiger partial charge in [0.05, 0.1) is 19.3 Å². The lowest BCUT2D eigenvalue weighted by atomic mass is 9.86. The van der Waals surface area contributed by atoms with Crippen LogP contribution in [0.25, 0.3) is 0 Å². The van der Waals surface area contributed by atoms with Crippen molar-refractivity contribution in [1.82, 2.24) is 0 Å². The molecule has 1 aliphatic rings. The fourth-order valence-electron chi connectivity index (χ4n) is 2.80. The van der Waals surface area contributed by atoms with Crippen LogP contribution in [-0.4, -0.2) is 109 Å². The van der Waals surface area contributed by atoms with Crippen molar-refractivity contribution in [3.8, 4) is 0 Å². The van der Waals surface area contributed by atoms with Gasteiger partial charge in [-0.05, 0) is 11.8 Å². The van der Waals surface area contributed by atoms with Crippen LogP contribution >= 0.6 is 0 Å². The molecule has 1 aliphatic heterocycles. The highest BCUT2D eigenvalue weighted by Crippen LogP contribution is 2.27. The molecule has 0 saturated carbocycles. The van der Waals surface area contributed by atoms with E-state index in [1.165, 1.54) is 0 Å². The lowest BCUT2D eigenvalue weighted by Crippen LogP contribution is -2.61. The monoisotopic (exact) mass is 384 g/mol. The predicted octanol–water partition coefficient (Wildman–Crippen LogP) is -3.32. The van der Waals surface area contributed by atoms with Crippen LogP contribution in [0.3, 0.4) is 0 Å². The Balaban J connectivity index is 2.93. The van der Waals surface area contributed by atoms with Crippen LogP contribution in [0, 0.1) is 5.41 Å². The molecule has 0 aromatic rings.